The molecule has 0 aliphatic heterocycles. The summed E-state index contributed by atoms with van der Waals surface area (Å²) in [6, 6.07) is 74.7. The average Bonchev–Trinajstić information content (AvgIpc) is 3.80. The SMILES string of the molecule is c1ccc(-c2ccc3cc(N(c4ccc5oc6cc7ccccc7cc6c5c4)c4ccc5c(c4)c4ccccc4n5-c4cccc5ccccc45)ccc3c2)cc1. The minimum atomic E-state index is 0.879. The molecule has 2 heterocycles. The van der Waals surface area contributed by atoms with E-state index >= 15 is 0 Å². The molecule has 0 saturated heterocycles. The molecular formula is C54H34N2O. The number of fused-ring (bicyclic) bond motifs is 9. The molecule has 2 aromatic heterocycles. The first kappa shape index (κ1) is 31.7. The van der Waals surface area contributed by atoms with Crippen LogP contribution in [-0.4, -0.2) is 4.57 Å². The predicted octanol–water partition coefficient (Wildman–Crippen LogP) is 15.3. The second-order valence-corrected chi connectivity index (χ2v) is 15.0. The summed E-state index contributed by atoms with van der Waals surface area (Å²) in [4.78, 5) is 2.40. The summed E-state index contributed by atoms with van der Waals surface area (Å²) >= 11 is 0. The third-order valence-electron chi connectivity index (χ3n) is 11.7. The Bertz CT molecular complexity index is 3530. The quantitative estimate of drug-likeness (QED) is 0.176. The van der Waals surface area contributed by atoms with E-state index in [1.54, 1.807) is 0 Å². The lowest BCUT2D eigenvalue weighted by molar-refractivity contribution is 0.669. The van der Waals surface area contributed by atoms with E-state index in [2.05, 4.69) is 216 Å². The molecule has 0 amide bonds. The Labute approximate surface area is 328 Å². The minimum absolute atomic E-state index is 0.879. The number of para-hydroxylation sites is 1. The topological polar surface area (TPSA) is 21.3 Å². The van der Waals surface area contributed by atoms with Gasteiger partial charge in [-0.3, -0.25) is 0 Å². The first-order valence-corrected chi connectivity index (χ1v) is 19.5. The second kappa shape index (κ2) is 12.5. The lowest BCUT2D eigenvalue weighted by atomic mass is 10.0. The summed E-state index contributed by atoms with van der Waals surface area (Å²) in [7, 11) is 0. The van der Waals surface area contributed by atoms with Crippen molar-refractivity contribution in [1.29, 1.82) is 0 Å². The van der Waals surface area contributed by atoms with Crippen molar-refractivity contribution in [3.8, 4) is 16.8 Å². The van der Waals surface area contributed by atoms with Crippen LogP contribution in [0.5, 0.6) is 0 Å². The standard InChI is InChI=1S/C54H34N2O/c1-2-11-35(12-3-1)39-21-22-41-30-42(24-23-40(41)29-39)55(44-26-28-53-49(34-44)48-31-37-14-4-5-15-38(37)32-54(48)57-53)43-25-27-52-47(33-43)46-18-8-9-19-51(46)56(52)50-20-10-16-36-13-6-7-17-45(36)50/h1-34H. The molecular weight excluding hydrogens is 693 g/mol. The average molecular weight is 727 g/mol. The molecule has 0 radical (unpaired) electrons. The zero-order chi connectivity index (χ0) is 37.5. The van der Waals surface area contributed by atoms with Crippen molar-refractivity contribution in [3.63, 3.8) is 0 Å². The normalized spacial score (nSPS) is 11.9. The Morgan fingerprint density at radius 3 is 1.79 bits per heavy atom. The number of anilines is 3. The van der Waals surface area contributed by atoms with Crippen molar-refractivity contribution in [2.45, 2.75) is 0 Å². The number of nitrogens with zero attached hydrogens (tertiary/aromatic N) is 2. The van der Waals surface area contributed by atoms with Crippen molar-refractivity contribution in [1.82, 2.24) is 4.57 Å². The molecule has 0 N–H and O–H groups in total. The second-order valence-electron chi connectivity index (χ2n) is 15.0. The molecule has 12 aromatic rings. The highest BCUT2D eigenvalue weighted by atomic mass is 16.3. The first-order valence-electron chi connectivity index (χ1n) is 19.5. The highest BCUT2D eigenvalue weighted by Gasteiger charge is 2.20. The summed E-state index contributed by atoms with van der Waals surface area (Å²) < 4.78 is 8.90. The van der Waals surface area contributed by atoms with Crippen LogP contribution in [-0.2, 0) is 0 Å². The van der Waals surface area contributed by atoms with Gasteiger partial charge in [0, 0.05) is 44.0 Å². The van der Waals surface area contributed by atoms with E-state index in [1.807, 2.05) is 0 Å². The maximum absolute atomic E-state index is 6.47. The highest BCUT2D eigenvalue weighted by Crippen LogP contribution is 2.43. The molecule has 3 nitrogen and oxygen atoms in total. The van der Waals surface area contributed by atoms with Crippen LogP contribution in [0.15, 0.2) is 211 Å². The highest BCUT2D eigenvalue weighted by molar-refractivity contribution is 6.13. The molecule has 0 aliphatic carbocycles. The van der Waals surface area contributed by atoms with Crippen LogP contribution in [0.1, 0.15) is 0 Å². The Morgan fingerprint density at radius 1 is 0.316 bits per heavy atom. The first-order chi connectivity index (χ1) is 28.2. The molecule has 0 saturated carbocycles. The van der Waals surface area contributed by atoms with Gasteiger partial charge in [-0.2, -0.15) is 0 Å². The van der Waals surface area contributed by atoms with E-state index in [1.165, 1.54) is 70.9 Å². The van der Waals surface area contributed by atoms with Gasteiger partial charge in [0.2, 0.25) is 0 Å². The smallest absolute Gasteiger partial charge is 0.136 e. The van der Waals surface area contributed by atoms with Gasteiger partial charge in [0.25, 0.3) is 0 Å². The van der Waals surface area contributed by atoms with Gasteiger partial charge in [0.1, 0.15) is 11.2 Å². The lowest BCUT2D eigenvalue weighted by Gasteiger charge is -2.26. The molecule has 0 spiro atoms. The number of benzene rings is 10. The van der Waals surface area contributed by atoms with E-state index in [0.29, 0.717) is 0 Å². The van der Waals surface area contributed by atoms with E-state index in [9.17, 15) is 0 Å². The molecule has 12 rings (SSSR count). The van der Waals surface area contributed by atoms with Crippen LogP contribution < -0.4 is 4.90 Å². The third kappa shape index (κ3) is 5.06. The van der Waals surface area contributed by atoms with Crippen LogP contribution in [0.3, 0.4) is 0 Å². The fraction of sp³-hybridized carbons (Fsp3) is 0. The number of furan rings is 1. The molecule has 0 atom stereocenters. The van der Waals surface area contributed by atoms with Gasteiger partial charge < -0.3 is 13.9 Å². The maximum Gasteiger partial charge on any atom is 0.136 e. The van der Waals surface area contributed by atoms with E-state index in [4.69, 9.17) is 4.42 Å². The number of hydrogen-bond donors (Lipinski definition) is 0. The zero-order valence-electron chi connectivity index (χ0n) is 30.9. The predicted molar refractivity (Wildman–Crippen MR) is 241 cm³/mol. The van der Waals surface area contributed by atoms with Gasteiger partial charge in [-0.1, -0.05) is 127 Å². The third-order valence-corrected chi connectivity index (χ3v) is 11.7. The summed E-state index contributed by atoms with van der Waals surface area (Å²) in [5.41, 5.74) is 11.0. The fourth-order valence-electron chi connectivity index (χ4n) is 8.98. The minimum Gasteiger partial charge on any atom is -0.456 e. The number of hydrogen-bond acceptors (Lipinski definition) is 2. The Kier molecular flexibility index (Phi) is 6.93. The van der Waals surface area contributed by atoms with E-state index in [0.717, 1.165) is 39.0 Å². The molecule has 0 unspecified atom stereocenters. The fourth-order valence-corrected chi connectivity index (χ4v) is 8.98. The maximum atomic E-state index is 6.47. The molecule has 3 heteroatoms. The zero-order valence-corrected chi connectivity index (χ0v) is 30.9. The van der Waals surface area contributed by atoms with Crippen LogP contribution in [0, 0.1) is 0 Å². The molecule has 10 aromatic carbocycles. The summed E-state index contributed by atoms with van der Waals surface area (Å²) in [6.07, 6.45) is 0. The van der Waals surface area contributed by atoms with Crippen molar-refractivity contribution < 1.29 is 4.42 Å². The monoisotopic (exact) mass is 726 g/mol. The van der Waals surface area contributed by atoms with Gasteiger partial charge in [-0.05, 0) is 117 Å². The molecule has 57 heavy (non-hydrogen) atoms. The molecule has 0 bridgehead atoms. The van der Waals surface area contributed by atoms with Gasteiger partial charge in [0.15, 0.2) is 0 Å². The van der Waals surface area contributed by atoms with Crippen LogP contribution in [0.4, 0.5) is 17.1 Å². The Morgan fingerprint density at radius 2 is 0.912 bits per heavy atom. The summed E-state index contributed by atoms with van der Waals surface area (Å²) in [5, 5.41) is 11.9. The molecule has 266 valence electrons. The largest absolute Gasteiger partial charge is 0.456 e. The number of rotatable bonds is 5. The number of aromatic nitrogens is 1. The van der Waals surface area contributed by atoms with E-state index in [-0.39, 0.29) is 0 Å². The Balaban J connectivity index is 1.08. The molecule has 0 fully saturated rings. The van der Waals surface area contributed by atoms with E-state index < -0.39 is 0 Å². The summed E-state index contributed by atoms with van der Waals surface area (Å²) in [5.74, 6) is 0. The van der Waals surface area contributed by atoms with Crippen LogP contribution in [0.25, 0.3) is 92.9 Å². The van der Waals surface area contributed by atoms with Crippen molar-refractivity contribution >= 4 is 93.1 Å². The van der Waals surface area contributed by atoms with Crippen LogP contribution in [0.2, 0.25) is 0 Å². The van der Waals surface area contributed by atoms with Gasteiger partial charge in [0.05, 0.1) is 16.7 Å². The summed E-state index contributed by atoms with van der Waals surface area (Å²) in [6.45, 7) is 0. The molecule has 0 aliphatic rings. The van der Waals surface area contributed by atoms with Gasteiger partial charge in [-0.15, -0.1) is 0 Å². The van der Waals surface area contributed by atoms with Gasteiger partial charge in [-0.25, -0.2) is 0 Å². The van der Waals surface area contributed by atoms with Crippen molar-refractivity contribution in [2.75, 3.05) is 4.90 Å². The van der Waals surface area contributed by atoms with Crippen molar-refractivity contribution in [2.24, 2.45) is 0 Å². The van der Waals surface area contributed by atoms with Crippen molar-refractivity contribution in [3.05, 3.63) is 206 Å². The van der Waals surface area contributed by atoms with Crippen LogP contribution >= 0.6 is 0 Å². The lowest BCUT2D eigenvalue weighted by Crippen LogP contribution is -2.10. The van der Waals surface area contributed by atoms with Gasteiger partial charge >= 0.3 is 0 Å². The Hall–Kier alpha value is -7.62.